The van der Waals surface area contributed by atoms with E-state index >= 15 is 0 Å². The van der Waals surface area contributed by atoms with Crippen molar-refractivity contribution in [2.45, 2.75) is 38.9 Å². The Morgan fingerprint density at radius 1 is 1.16 bits per heavy atom. The lowest BCUT2D eigenvalue weighted by Gasteiger charge is -2.25. The number of alkyl halides is 1. The van der Waals surface area contributed by atoms with Crippen molar-refractivity contribution >= 4 is 34.2 Å². The standard InChI is InChI=1S/C26H25ClN2O3/c1-26(2,3)32-25(30)29-15-19(13-27)24-21-11-18(14-28)9-10-20(21)23(12-22(24)29)31-16-17-7-5-4-6-8-17/h4-12,19H,13,15-16H2,1-3H3/t19-/m0/s1. The molecule has 0 saturated carbocycles. The lowest BCUT2D eigenvalue weighted by atomic mass is 9.94. The Morgan fingerprint density at radius 2 is 1.91 bits per heavy atom. The molecule has 164 valence electrons. The van der Waals surface area contributed by atoms with Gasteiger partial charge in [0.25, 0.3) is 0 Å². The minimum atomic E-state index is -0.617. The normalized spacial score (nSPS) is 15.3. The summed E-state index contributed by atoms with van der Waals surface area (Å²) < 4.78 is 11.9. The average molecular weight is 449 g/mol. The summed E-state index contributed by atoms with van der Waals surface area (Å²) in [6, 6.07) is 19.5. The number of nitriles is 1. The van der Waals surface area contributed by atoms with E-state index in [1.165, 1.54) is 0 Å². The molecule has 3 aromatic carbocycles. The number of halogens is 1. The van der Waals surface area contributed by atoms with Gasteiger partial charge < -0.3 is 9.47 Å². The fraction of sp³-hybridized carbons (Fsp3) is 0.308. The van der Waals surface area contributed by atoms with Crippen LogP contribution < -0.4 is 9.64 Å². The third kappa shape index (κ3) is 4.37. The predicted octanol–water partition coefficient (Wildman–Crippen LogP) is 6.37. The number of hydrogen-bond acceptors (Lipinski definition) is 4. The monoisotopic (exact) mass is 448 g/mol. The van der Waals surface area contributed by atoms with Crippen LogP contribution in [-0.2, 0) is 11.3 Å². The molecule has 1 heterocycles. The number of anilines is 1. The van der Waals surface area contributed by atoms with E-state index in [0.29, 0.717) is 30.3 Å². The van der Waals surface area contributed by atoms with Crippen molar-refractivity contribution < 1.29 is 14.3 Å². The summed E-state index contributed by atoms with van der Waals surface area (Å²) in [5.41, 5.74) is 2.63. The minimum Gasteiger partial charge on any atom is -0.488 e. The fourth-order valence-corrected chi connectivity index (χ4v) is 4.25. The largest absolute Gasteiger partial charge is 0.488 e. The van der Waals surface area contributed by atoms with Gasteiger partial charge in [-0.25, -0.2) is 4.79 Å². The highest BCUT2D eigenvalue weighted by atomic mass is 35.5. The Balaban J connectivity index is 1.83. The fourth-order valence-electron chi connectivity index (χ4n) is 4.00. The predicted molar refractivity (Wildman–Crippen MR) is 126 cm³/mol. The van der Waals surface area contributed by atoms with E-state index in [1.807, 2.05) is 69.3 Å². The summed E-state index contributed by atoms with van der Waals surface area (Å²) >= 11 is 6.32. The van der Waals surface area contributed by atoms with E-state index in [1.54, 1.807) is 11.0 Å². The van der Waals surface area contributed by atoms with Gasteiger partial charge in [0.1, 0.15) is 18.0 Å². The van der Waals surface area contributed by atoms with Crippen LogP contribution in [0.25, 0.3) is 10.8 Å². The molecule has 0 radical (unpaired) electrons. The molecule has 0 spiro atoms. The summed E-state index contributed by atoms with van der Waals surface area (Å²) in [5.74, 6) is 0.928. The van der Waals surface area contributed by atoms with Crippen LogP contribution in [0, 0.1) is 11.3 Å². The number of rotatable bonds is 4. The molecule has 0 bridgehead atoms. The van der Waals surface area contributed by atoms with Crippen LogP contribution in [0.1, 0.15) is 43.4 Å². The van der Waals surface area contributed by atoms with Crippen LogP contribution in [0.4, 0.5) is 10.5 Å². The van der Waals surface area contributed by atoms with Crippen LogP contribution in [0.3, 0.4) is 0 Å². The summed E-state index contributed by atoms with van der Waals surface area (Å²) in [6.07, 6.45) is -0.420. The second-order valence-corrected chi connectivity index (χ2v) is 9.20. The Labute approximate surface area is 193 Å². The maximum Gasteiger partial charge on any atom is 0.414 e. The van der Waals surface area contributed by atoms with Crippen LogP contribution in [0.15, 0.2) is 54.6 Å². The number of carbonyl (C=O) groups is 1. The number of hydrogen-bond donors (Lipinski definition) is 0. The number of benzene rings is 3. The van der Waals surface area contributed by atoms with E-state index in [4.69, 9.17) is 21.1 Å². The van der Waals surface area contributed by atoms with Gasteiger partial charge in [-0.15, -0.1) is 11.6 Å². The maximum atomic E-state index is 13.0. The first-order valence-corrected chi connectivity index (χ1v) is 11.1. The van der Waals surface area contributed by atoms with E-state index < -0.39 is 11.7 Å². The molecule has 0 aliphatic carbocycles. The van der Waals surface area contributed by atoms with Gasteiger partial charge in [0, 0.05) is 29.8 Å². The molecule has 0 saturated heterocycles. The van der Waals surface area contributed by atoms with Gasteiger partial charge in [-0.05, 0) is 55.5 Å². The van der Waals surface area contributed by atoms with Gasteiger partial charge in [-0.3, -0.25) is 4.90 Å². The Bertz CT molecular complexity index is 1200. The van der Waals surface area contributed by atoms with E-state index in [2.05, 4.69) is 6.07 Å². The molecule has 4 rings (SSSR count). The number of fused-ring (bicyclic) bond motifs is 3. The van der Waals surface area contributed by atoms with E-state index in [-0.39, 0.29) is 5.92 Å². The van der Waals surface area contributed by atoms with Gasteiger partial charge in [-0.1, -0.05) is 30.3 Å². The first kappa shape index (κ1) is 22.0. The van der Waals surface area contributed by atoms with Gasteiger partial charge in [0.2, 0.25) is 0 Å². The SMILES string of the molecule is CC(C)(C)OC(=O)N1C[C@H](CCl)c2c1cc(OCc1ccccc1)c1ccc(C#N)cc21. The molecule has 5 nitrogen and oxygen atoms in total. The summed E-state index contributed by atoms with van der Waals surface area (Å²) in [4.78, 5) is 14.6. The second-order valence-electron chi connectivity index (χ2n) is 8.90. The molecule has 1 aliphatic rings. The van der Waals surface area contributed by atoms with Crippen molar-refractivity contribution in [2.75, 3.05) is 17.3 Å². The van der Waals surface area contributed by atoms with Gasteiger partial charge in [-0.2, -0.15) is 5.26 Å². The molecule has 0 unspecified atom stereocenters. The smallest absolute Gasteiger partial charge is 0.414 e. The van der Waals surface area contributed by atoms with Gasteiger partial charge in [0.15, 0.2) is 0 Å². The molecule has 1 atom stereocenters. The lowest BCUT2D eigenvalue weighted by molar-refractivity contribution is 0.0582. The Hall–Kier alpha value is -3.23. The number of ether oxygens (including phenoxy) is 2. The summed E-state index contributed by atoms with van der Waals surface area (Å²) in [5, 5.41) is 11.2. The molecule has 1 aliphatic heterocycles. The maximum absolute atomic E-state index is 13.0. The summed E-state index contributed by atoms with van der Waals surface area (Å²) in [6.45, 7) is 6.33. The molecule has 0 aromatic heterocycles. The average Bonchev–Trinajstić information content (AvgIpc) is 3.15. The van der Waals surface area contributed by atoms with Gasteiger partial charge in [0.05, 0.1) is 17.3 Å². The van der Waals surface area contributed by atoms with E-state index in [9.17, 15) is 10.1 Å². The van der Waals surface area contributed by atoms with Crippen molar-refractivity contribution in [3.8, 4) is 11.8 Å². The van der Waals surface area contributed by atoms with Crippen LogP contribution in [0.5, 0.6) is 5.75 Å². The first-order chi connectivity index (χ1) is 15.3. The van der Waals surface area contributed by atoms with Gasteiger partial charge >= 0.3 is 6.09 Å². The van der Waals surface area contributed by atoms with Crippen molar-refractivity contribution in [2.24, 2.45) is 0 Å². The molecular formula is C26H25ClN2O3. The first-order valence-electron chi connectivity index (χ1n) is 10.5. The molecular weight excluding hydrogens is 424 g/mol. The van der Waals surface area contributed by atoms with Crippen molar-refractivity contribution in [3.05, 3.63) is 71.3 Å². The third-order valence-corrected chi connectivity index (χ3v) is 5.76. The van der Waals surface area contributed by atoms with Crippen LogP contribution in [-0.4, -0.2) is 24.1 Å². The van der Waals surface area contributed by atoms with Crippen molar-refractivity contribution in [3.63, 3.8) is 0 Å². The molecule has 0 fully saturated rings. The second kappa shape index (κ2) is 8.72. The van der Waals surface area contributed by atoms with Crippen LogP contribution >= 0.6 is 11.6 Å². The zero-order valence-corrected chi connectivity index (χ0v) is 19.1. The topological polar surface area (TPSA) is 62.6 Å². The summed E-state index contributed by atoms with van der Waals surface area (Å²) in [7, 11) is 0. The lowest BCUT2D eigenvalue weighted by Crippen LogP contribution is -2.36. The molecule has 0 N–H and O–H groups in total. The Morgan fingerprint density at radius 3 is 2.56 bits per heavy atom. The zero-order valence-electron chi connectivity index (χ0n) is 18.4. The van der Waals surface area contributed by atoms with Crippen molar-refractivity contribution in [1.29, 1.82) is 5.26 Å². The highest BCUT2D eigenvalue weighted by Gasteiger charge is 2.36. The number of nitrogens with zero attached hydrogens (tertiary/aromatic N) is 2. The molecule has 32 heavy (non-hydrogen) atoms. The Kier molecular flexibility index (Phi) is 5.99. The van der Waals surface area contributed by atoms with E-state index in [0.717, 1.165) is 27.6 Å². The minimum absolute atomic E-state index is 0.0706. The molecule has 6 heteroatoms. The quantitative estimate of drug-likeness (QED) is 0.435. The highest BCUT2D eigenvalue weighted by molar-refractivity contribution is 6.19. The highest BCUT2D eigenvalue weighted by Crippen LogP contribution is 2.46. The van der Waals surface area contributed by atoms with Crippen molar-refractivity contribution in [1.82, 2.24) is 0 Å². The number of carbonyl (C=O) groups excluding carboxylic acids is 1. The van der Waals surface area contributed by atoms with Crippen LogP contribution in [0.2, 0.25) is 0 Å². The molecule has 3 aromatic rings. The number of amides is 1. The third-order valence-electron chi connectivity index (χ3n) is 5.39. The zero-order chi connectivity index (χ0) is 22.9. The molecule has 1 amide bonds.